The highest BCUT2D eigenvalue weighted by atomic mass is 16.5. The lowest BCUT2D eigenvalue weighted by atomic mass is 10.2. The van der Waals surface area contributed by atoms with Crippen molar-refractivity contribution in [1.29, 1.82) is 0 Å². The van der Waals surface area contributed by atoms with E-state index in [1.54, 1.807) is 0 Å². The van der Waals surface area contributed by atoms with Gasteiger partial charge >= 0.3 is 12.0 Å². The lowest BCUT2D eigenvalue weighted by molar-refractivity contribution is -0.138. The van der Waals surface area contributed by atoms with Crippen molar-refractivity contribution < 1.29 is 19.9 Å². The summed E-state index contributed by atoms with van der Waals surface area (Å²) in [5.41, 5.74) is 6.57. The van der Waals surface area contributed by atoms with Crippen molar-refractivity contribution in [2.24, 2.45) is 5.73 Å². The molecule has 0 saturated carbocycles. The van der Waals surface area contributed by atoms with Gasteiger partial charge < -0.3 is 16.2 Å². The Morgan fingerprint density at radius 2 is 2.08 bits per heavy atom. The van der Waals surface area contributed by atoms with Crippen molar-refractivity contribution in [3.05, 3.63) is 0 Å². The van der Waals surface area contributed by atoms with E-state index in [1.807, 2.05) is 0 Å². The van der Waals surface area contributed by atoms with Gasteiger partial charge in [-0.3, -0.25) is 10.0 Å². The van der Waals surface area contributed by atoms with Crippen molar-refractivity contribution in [3.8, 4) is 0 Å². The first kappa shape index (κ1) is 11.7. The number of aliphatic carboxylic acids is 1. The van der Waals surface area contributed by atoms with Crippen molar-refractivity contribution >= 4 is 12.0 Å². The van der Waals surface area contributed by atoms with E-state index in [2.05, 4.69) is 5.32 Å². The third-order valence-corrected chi connectivity index (χ3v) is 1.40. The second-order valence-corrected chi connectivity index (χ2v) is 2.45. The average molecular weight is 191 g/mol. The maximum atomic E-state index is 10.4. The maximum absolute atomic E-state index is 10.4. The van der Waals surface area contributed by atoms with Crippen LogP contribution in [0.15, 0.2) is 0 Å². The zero-order valence-electron chi connectivity index (χ0n) is 6.99. The summed E-state index contributed by atoms with van der Waals surface area (Å²) in [4.78, 5) is 20.6. The van der Waals surface area contributed by atoms with E-state index in [0.717, 1.165) is 0 Å². The highest BCUT2D eigenvalue weighted by Crippen LogP contribution is 1.92. The number of hydrogen-bond donors (Lipinski definition) is 5. The Morgan fingerprint density at radius 1 is 1.46 bits per heavy atom. The van der Waals surface area contributed by atoms with Gasteiger partial charge in [0.05, 0.1) is 0 Å². The van der Waals surface area contributed by atoms with Crippen molar-refractivity contribution in [3.63, 3.8) is 0 Å². The first-order chi connectivity index (χ1) is 6.07. The number of carbonyl (C=O) groups excluding carboxylic acids is 1. The molecule has 7 heteroatoms. The number of hydroxylamine groups is 1. The number of carboxylic acid groups (broad SMARTS) is 1. The number of hydrogen-bond acceptors (Lipinski definition) is 4. The fourth-order valence-corrected chi connectivity index (χ4v) is 0.687. The van der Waals surface area contributed by atoms with Crippen LogP contribution in [0.2, 0.25) is 0 Å². The van der Waals surface area contributed by atoms with Gasteiger partial charge in [0.15, 0.2) is 0 Å². The molecule has 0 aromatic rings. The van der Waals surface area contributed by atoms with Crippen LogP contribution in [0.4, 0.5) is 4.79 Å². The summed E-state index contributed by atoms with van der Waals surface area (Å²) in [6, 6.07) is -1.62. The van der Waals surface area contributed by atoms with E-state index >= 15 is 0 Å². The van der Waals surface area contributed by atoms with E-state index < -0.39 is 18.0 Å². The Bertz CT molecular complexity index is 185. The normalized spacial score (nSPS) is 11.8. The molecule has 0 aliphatic carbocycles. The minimum Gasteiger partial charge on any atom is -0.480 e. The van der Waals surface area contributed by atoms with Crippen molar-refractivity contribution in [2.75, 3.05) is 6.54 Å². The fraction of sp³-hybridized carbons (Fsp3) is 0.667. The molecule has 2 amide bonds. The Morgan fingerprint density at radius 3 is 2.54 bits per heavy atom. The second kappa shape index (κ2) is 6.21. The standard InChI is InChI=1S/C6H13N3O4/c7-4(5(10)11)2-1-3-8-6(12)9-13/h4,13H,1-3,7H2,(H,10,11)(H2,8,9,12)/t4-/m0/s1. The summed E-state index contributed by atoms with van der Waals surface area (Å²) in [5, 5.41) is 18.7. The molecular formula is C6H13N3O4. The SMILES string of the molecule is N[C@@H](CCCNC(=O)NO)C(=O)O. The van der Waals surface area contributed by atoms with Crippen LogP contribution < -0.4 is 16.5 Å². The van der Waals surface area contributed by atoms with Crippen LogP contribution in [0.1, 0.15) is 12.8 Å². The molecule has 0 heterocycles. The summed E-state index contributed by atoms with van der Waals surface area (Å²) in [6.45, 7) is 0.271. The van der Waals surface area contributed by atoms with Gasteiger partial charge in [-0.25, -0.2) is 10.3 Å². The topological polar surface area (TPSA) is 125 Å². The van der Waals surface area contributed by atoms with Gasteiger partial charge in [0, 0.05) is 6.54 Å². The van der Waals surface area contributed by atoms with Gasteiger partial charge in [-0.05, 0) is 12.8 Å². The zero-order chi connectivity index (χ0) is 10.3. The van der Waals surface area contributed by atoms with E-state index in [0.29, 0.717) is 6.42 Å². The van der Waals surface area contributed by atoms with Crippen molar-refractivity contribution in [2.45, 2.75) is 18.9 Å². The number of carbonyl (C=O) groups is 2. The minimum absolute atomic E-state index is 0.271. The van der Waals surface area contributed by atoms with Gasteiger partial charge in [-0.15, -0.1) is 0 Å². The summed E-state index contributed by atoms with van der Waals surface area (Å²) in [7, 11) is 0. The predicted octanol–water partition coefficient (Wildman–Crippen LogP) is -1.13. The van der Waals surface area contributed by atoms with Gasteiger partial charge in [0.1, 0.15) is 6.04 Å². The smallest absolute Gasteiger partial charge is 0.338 e. The molecule has 0 aliphatic heterocycles. The van der Waals surface area contributed by atoms with Gasteiger partial charge in [0.25, 0.3) is 0 Å². The molecule has 0 fully saturated rings. The van der Waals surface area contributed by atoms with Crippen LogP contribution in [-0.4, -0.2) is 34.9 Å². The van der Waals surface area contributed by atoms with Gasteiger partial charge in [-0.1, -0.05) is 0 Å². The maximum Gasteiger partial charge on any atom is 0.338 e. The van der Waals surface area contributed by atoms with Gasteiger partial charge in [-0.2, -0.15) is 0 Å². The molecule has 76 valence electrons. The molecule has 0 saturated heterocycles. The molecule has 0 aromatic heterocycles. The number of amides is 2. The van der Waals surface area contributed by atoms with E-state index in [4.69, 9.17) is 16.0 Å². The third-order valence-electron chi connectivity index (χ3n) is 1.40. The monoisotopic (exact) mass is 191 g/mol. The lowest BCUT2D eigenvalue weighted by Gasteiger charge is -2.06. The quantitative estimate of drug-likeness (QED) is 0.213. The highest BCUT2D eigenvalue weighted by molar-refractivity contribution is 5.73. The Labute approximate surface area is 74.9 Å². The largest absolute Gasteiger partial charge is 0.480 e. The molecule has 0 radical (unpaired) electrons. The first-order valence-electron chi connectivity index (χ1n) is 3.74. The Hall–Kier alpha value is -1.34. The van der Waals surface area contributed by atoms with Crippen LogP contribution in [0, 0.1) is 0 Å². The van der Waals surface area contributed by atoms with Gasteiger partial charge in [0.2, 0.25) is 0 Å². The predicted molar refractivity (Wildman–Crippen MR) is 43.2 cm³/mol. The summed E-state index contributed by atoms with van der Waals surface area (Å²) >= 11 is 0. The molecule has 0 unspecified atom stereocenters. The molecule has 0 spiro atoms. The van der Waals surface area contributed by atoms with Crippen LogP contribution in [0.5, 0.6) is 0 Å². The molecule has 0 bridgehead atoms. The second-order valence-electron chi connectivity index (χ2n) is 2.45. The average Bonchev–Trinajstić information content (AvgIpc) is 2.11. The molecule has 0 rings (SSSR count). The summed E-state index contributed by atoms with van der Waals surface area (Å²) in [5.74, 6) is -1.06. The minimum atomic E-state index is -1.06. The van der Waals surface area contributed by atoms with Crippen molar-refractivity contribution in [1.82, 2.24) is 10.8 Å². The highest BCUT2D eigenvalue weighted by Gasteiger charge is 2.10. The van der Waals surface area contributed by atoms with E-state index in [9.17, 15) is 9.59 Å². The number of nitrogens with two attached hydrogens (primary N) is 1. The first-order valence-corrected chi connectivity index (χ1v) is 3.74. The molecule has 0 aliphatic rings. The number of nitrogens with one attached hydrogen (secondary N) is 2. The Balaban J connectivity index is 3.35. The third kappa shape index (κ3) is 5.88. The molecule has 0 aromatic carbocycles. The molecule has 7 nitrogen and oxygen atoms in total. The van der Waals surface area contributed by atoms with Crippen LogP contribution in [-0.2, 0) is 4.79 Å². The molecule has 1 atom stereocenters. The number of rotatable bonds is 5. The van der Waals surface area contributed by atoms with Crippen LogP contribution in [0.3, 0.4) is 0 Å². The Kier molecular flexibility index (Phi) is 5.57. The fourth-order valence-electron chi connectivity index (χ4n) is 0.687. The van der Waals surface area contributed by atoms with Crippen LogP contribution >= 0.6 is 0 Å². The van der Waals surface area contributed by atoms with E-state index in [1.165, 1.54) is 5.48 Å². The zero-order valence-corrected chi connectivity index (χ0v) is 6.99. The van der Waals surface area contributed by atoms with Crippen LogP contribution in [0.25, 0.3) is 0 Å². The summed E-state index contributed by atoms with van der Waals surface area (Å²) in [6.07, 6.45) is 0.724. The van der Waals surface area contributed by atoms with E-state index in [-0.39, 0.29) is 13.0 Å². The lowest BCUT2D eigenvalue weighted by Crippen LogP contribution is -2.35. The number of urea groups is 1. The molecule has 13 heavy (non-hydrogen) atoms. The molecule has 6 N–H and O–H groups in total. The molecular weight excluding hydrogens is 178 g/mol. The summed E-state index contributed by atoms with van der Waals surface area (Å²) < 4.78 is 0. The number of carboxylic acids is 1.